The third kappa shape index (κ3) is 1.32. The van der Waals surface area contributed by atoms with E-state index in [1.54, 1.807) is 12.1 Å². The number of nitrogens with two attached hydrogens (primary N) is 1. The summed E-state index contributed by atoms with van der Waals surface area (Å²) in [6.45, 7) is 0.689. The fourth-order valence-electron chi connectivity index (χ4n) is 3.45. The predicted molar refractivity (Wildman–Crippen MR) is 63.0 cm³/mol. The van der Waals surface area contributed by atoms with Gasteiger partial charge < -0.3 is 5.73 Å². The molecule has 3 rings (SSSR count). The molecular formula is C14H18FN. The zero-order valence-electron chi connectivity index (χ0n) is 9.51. The van der Waals surface area contributed by atoms with Crippen molar-refractivity contribution in [1.82, 2.24) is 0 Å². The van der Waals surface area contributed by atoms with Gasteiger partial charge in [0.25, 0.3) is 0 Å². The van der Waals surface area contributed by atoms with E-state index in [0.717, 1.165) is 0 Å². The van der Waals surface area contributed by atoms with Gasteiger partial charge in [-0.05, 0) is 66.8 Å². The summed E-state index contributed by atoms with van der Waals surface area (Å²) in [6.07, 6.45) is 6.14. The summed E-state index contributed by atoms with van der Waals surface area (Å²) in [7, 11) is 0. The van der Waals surface area contributed by atoms with Crippen molar-refractivity contribution < 1.29 is 4.39 Å². The predicted octanol–water partition coefficient (Wildman–Crippen LogP) is 3.08. The highest BCUT2D eigenvalue weighted by molar-refractivity contribution is 5.41. The molecule has 1 nitrogen and oxygen atoms in total. The van der Waals surface area contributed by atoms with E-state index in [9.17, 15) is 4.39 Å². The fraction of sp³-hybridized carbons (Fsp3) is 0.571. The quantitative estimate of drug-likeness (QED) is 0.771. The van der Waals surface area contributed by atoms with Gasteiger partial charge in [0.15, 0.2) is 0 Å². The fourth-order valence-corrected chi connectivity index (χ4v) is 3.45. The van der Waals surface area contributed by atoms with Crippen LogP contribution >= 0.6 is 0 Å². The largest absolute Gasteiger partial charge is 0.330 e. The van der Waals surface area contributed by atoms with Gasteiger partial charge in [-0.2, -0.15) is 0 Å². The summed E-state index contributed by atoms with van der Waals surface area (Å²) in [6, 6.07) is 5.30. The Kier molecular flexibility index (Phi) is 2.28. The molecule has 1 aromatic carbocycles. The molecular weight excluding hydrogens is 201 g/mol. The molecule has 16 heavy (non-hydrogen) atoms. The van der Waals surface area contributed by atoms with Gasteiger partial charge in [-0.15, -0.1) is 0 Å². The van der Waals surface area contributed by atoms with Crippen LogP contribution in [0, 0.1) is 5.82 Å². The number of rotatable bonds is 1. The van der Waals surface area contributed by atoms with Crippen LogP contribution in [0.4, 0.5) is 4.39 Å². The Balaban J connectivity index is 2.10. The molecule has 0 saturated heterocycles. The van der Waals surface area contributed by atoms with Crippen molar-refractivity contribution in [3.05, 3.63) is 35.1 Å². The molecule has 1 atom stereocenters. The van der Waals surface area contributed by atoms with Crippen LogP contribution < -0.4 is 5.73 Å². The molecule has 2 heteroatoms. The number of fused-ring (bicyclic) bond motifs is 2. The van der Waals surface area contributed by atoms with E-state index >= 15 is 0 Å². The van der Waals surface area contributed by atoms with Gasteiger partial charge in [-0.1, -0.05) is 12.5 Å². The lowest BCUT2D eigenvalue weighted by atomic mass is 9.56. The van der Waals surface area contributed by atoms with Gasteiger partial charge >= 0.3 is 0 Å². The first-order valence-corrected chi connectivity index (χ1v) is 6.25. The lowest BCUT2D eigenvalue weighted by Crippen LogP contribution is -2.39. The molecule has 0 heterocycles. The highest BCUT2D eigenvalue weighted by Gasteiger charge is 2.43. The minimum atomic E-state index is -0.0947. The molecule has 2 N–H and O–H groups in total. The zero-order chi connectivity index (χ0) is 11.2. The molecule has 86 valence electrons. The van der Waals surface area contributed by atoms with Crippen LogP contribution in [-0.4, -0.2) is 6.54 Å². The topological polar surface area (TPSA) is 26.0 Å². The molecule has 1 unspecified atom stereocenters. The summed E-state index contributed by atoms with van der Waals surface area (Å²) in [4.78, 5) is 0. The highest BCUT2D eigenvalue weighted by Crippen LogP contribution is 2.53. The van der Waals surface area contributed by atoms with Crippen LogP contribution in [0.3, 0.4) is 0 Å². The van der Waals surface area contributed by atoms with Crippen molar-refractivity contribution in [1.29, 1.82) is 0 Å². The van der Waals surface area contributed by atoms with Crippen molar-refractivity contribution in [3.8, 4) is 0 Å². The minimum Gasteiger partial charge on any atom is -0.330 e. The molecule has 2 aliphatic carbocycles. The molecule has 1 saturated carbocycles. The van der Waals surface area contributed by atoms with E-state index < -0.39 is 0 Å². The second-order valence-corrected chi connectivity index (χ2v) is 5.34. The molecule has 0 amide bonds. The summed E-state index contributed by atoms with van der Waals surface area (Å²) >= 11 is 0. The first kappa shape index (κ1) is 10.3. The second kappa shape index (κ2) is 3.56. The molecule has 1 spiro atoms. The van der Waals surface area contributed by atoms with Crippen LogP contribution in [0.15, 0.2) is 18.2 Å². The lowest BCUT2D eigenvalue weighted by molar-refractivity contribution is 0.198. The van der Waals surface area contributed by atoms with Crippen LogP contribution in [0.2, 0.25) is 0 Å². The van der Waals surface area contributed by atoms with E-state index in [2.05, 4.69) is 0 Å². The Morgan fingerprint density at radius 1 is 1.31 bits per heavy atom. The first-order valence-electron chi connectivity index (χ1n) is 6.25. The number of hydrogen-bond acceptors (Lipinski definition) is 1. The van der Waals surface area contributed by atoms with E-state index in [0.29, 0.717) is 17.9 Å². The van der Waals surface area contributed by atoms with Gasteiger partial charge in [-0.25, -0.2) is 4.39 Å². The van der Waals surface area contributed by atoms with Crippen molar-refractivity contribution in [2.75, 3.05) is 6.54 Å². The van der Waals surface area contributed by atoms with Crippen LogP contribution in [0.25, 0.3) is 0 Å². The maximum absolute atomic E-state index is 13.4. The monoisotopic (exact) mass is 219 g/mol. The minimum absolute atomic E-state index is 0.0947. The van der Waals surface area contributed by atoms with Crippen molar-refractivity contribution in [2.24, 2.45) is 5.73 Å². The lowest BCUT2D eigenvalue weighted by Gasteiger charge is -2.48. The summed E-state index contributed by atoms with van der Waals surface area (Å²) in [5, 5.41) is 0. The van der Waals surface area contributed by atoms with Crippen molar-refractivity contribution >= 4 is 0 Å². The maximum Gasteiger partial charge on any atom is 0.123 e. The third-order valence-corrected chi connectivity index (χ3v) is 4.59. The van der Waals surface area contributed by atoms with E-state index in [-0.39, 0.29) is 5.82 Å². The average Bonchev–Trinajstić information content (AvgIpc) is 2.25. The molecule has 1 aromatic rings. The number of benzene rings is 1. The zero-order valence-corrected chi connectivity index (χ0v) is 9.51. The second-order valence-electron chi connectivity index (χ2n) is 5.34. The van der Waals surface area contributed by atoms with E-state index in [4.69, 9.17) is 5.73 Å². The van der Waals surface area contributed by atoms with Crippen molar-refractivity contribution in [2.45, 2.75) is 43.4 Å². The van der Waals surface area contributed by atoms with Crippen molar-refractivity contribution in [3.63, 3.8) is 0 Å². The molecule has 0 aromatic heterocycles. The Bertz CT molecular complexity index is 409. The Morgan fingerprint density at radius 3 is 2.75 bits per heavy atom. The number of halogens is 1. The van der Waals surface area contributed by atoms with E-state index in [1.807, 2.05) is 6.07 Å². The average molecular weight is 219 g/mol. The summed E-state index contributed by atoms with van der Waals surface area (Å²) in [5.74, 6) is 0.351. The Labute approximate surface area is 95.8 Å². The van der Waals surface area contributed by atoms with Gasteiger partial charge in [0.1, 0.15) is 5.82 Å². The SMILES string of the molecule is NCC1CCC2(CCC2)c2cc(F)ccc21. The van der Waals surface area contributed by atoms with Crippen LogP contribution in [-0.2, 0) is 5.41 Å². The molecule has 0 aliphatic heterocycles. The smallest absolute Gasteiger partial charge is 0.123 e. The summed E-state index contributed by atoms with van der Waals surface area (Å²) in [5.41, 5.74) is 8.70. The molecule has 2 aliphatic rings. The first-order chi connectivity index (χ1) is 7.75. The highest BCUT2D eigenvalue weighted by atomic mass is 19.1. The molecule has 0 radical (unpaired) electrons. The Hall–Kier alpha value is -0.890. The van der Waals surface area contributed by atoms with Crippen LogP contribution in [0.1, 0.15) is 49.1 Å². The van der Waals surface area contributed by atoms with Crippen LogP contribution in [0.5, 0.6) is 0 Å². The molecule has 0 bridgehead atoms. The van der Waals surface area contributed by atoms with Gasteiger partial charge in [0, 0.05) is 0 Å². The summed E-state index contributed by atoms with van der Waals surface area (Å²) < 4.78 is 13.4. The third-order valence-electron chi connectivity index (χ3n) is 4.59. The van der Waals surface area contributed by atoms with Gasteiger partial charge in [0.2, 0.25) is 0 Å². The maximum atomic E-state index is 13.4. The number of hydrogen-bond donors (Lipinski definition) is 1. The normalized spacial score (nSPS) is 26.2. The standard InChI is InChI=1S/C14H18FN/c15-11-2-3-12-10(9-16)4-7-14(5-1-6-14)13(12)8-11/h2-3,8,10H,1,4-7,9,16H2. The van der Waals surface area contributed by atoms with Gasteiger partial charge in [0.05, 0.1) is 0 Å². The van der Waals surface area contributed by atoms with E-state index in [1.165, 1.54) is 43.2 Å². The Morgan fingerprint density at radius 2 is 2.12 bits per heavy atom. The molecule has 1 fully saturated rings. The van der Waals surface area contributed by atoms with Gasteiger partial charge in [-0.3, -0.25) is 0 Å².